The highest BCUT2D eigenvalue weighted by Gasteiger charge is 2.57. The Morgan fingerprint density at radius 1 is 1.56 bits per heavy atom. The maximum Gasteiger partial charge on any atom is 0.421 e. The Hall–Kier alpha value is -1.43. The molecule has 0 N–H and O–H groups in total. The molecule has 0 radical (unpaired) electrons. The highest BCUT2D eigenvalue weighted by atomic mass is 19.4. The van der Waals surface area contributed by atoms with Crippen molar-refractivity contribution < 1.29 is 22.7 Å². The van der Waals surface area contributed by atoms with Crippen LogP contribution in [0.3, 0.4) is 0 Å². The molecule has 0 aliphatic carbocycles. The van der Waals surface area contributed by atoms with E-state index < -0.39 is 11.8 Å². The van der Waals surface area contributed by atoms with E-state index in [9.17, 15) is 18.0 Å². The number of carbonyl (C=O) groups excluding carboxylic acids is 1. The van der Waals surface area contributed by atoms with Gasteiger partial charge in [-0.2, -0.15) is 13.2 Å². The van der Waals surface area contributed by atoms with Gasteiger partial charge in [0.25, 0.3) is 0 Å². The van der Waals surface area contributed by atoms with E-state index in [1.165, 1.54) is 6.20 Å². The molecule has 16 heavy (non-hydrogen) atoms. The first-order chi connectivity index (χ1) is 7.38. The normalized spacial score (nSPS) is 24.2. The van der Waals surface area contributed by atoms with E-state index in [2.05, 4.69) is 4.98 Å². The third-order valence-corrected chi connectivity index (χ3v) is 2.70. The molecule has 1 aliphatic heterocycles. The van der Waals surface area contributed by atoms with E-state index >= 15 is 0 Å². The zero-order valence-corrected chi connectivity index (χ0v) is 8.34. The zero-order chi connectivity index (χ0) is 12.0. The van der Waals surface area contributed by atoms with Gasteiger partial charge < -0.3 is 4.74 Å². The van der Waals surface area contributed by atoms with Gasteiger partial charge in [0.1, 0.15) is 5.69 Å². The Morgan fingerprint density at radius 2 is 2.25 bits per heavy atom. The molecule has 3 nitrogen and oxygen atoms in total. The molecule has 0 saturated carbocycles. The van der Waals surface area contributed by atoms with Gasteiger partial charge in [-0.1, -0.05) is 0 Å². The molecule has 1 unspecified atom stereocenters. The predicted molar refractivity (Wildman–Crippen MR) is 47.8 cm³/mol. The van der Waals surface area contributed by atoms with Crippen molar-refractivity contribution in [1.82, 2.24) is 4.98 Å². The molecule has 0 bridgehead atoms. The molecule has 0 aromatic carbocycles. The van der Waals surface area contributed by atoms with E-state index in [4.69, 9.17) is 4.74 Å². The highest BCUT2D eigenvalue weighted by molar-refractivity contribution is 5.72. The van der Waals surface area contributed by atoms with E-state index in [0.717, 1.165) is 13.0 Å². The molecule has 1 aromatic heterocycles. The van der Waals surface area contributed by atoms with Gasteiger partial charge in [-0.05, 0) is 13.0 Å². The maximum atomic E-state index is 12.8. The molecule has 1 atom stereocenters. The van der Waals surface area contributed by atoms with Gasteiger partial charge in [0.05, 0.1) is 6.61 Å². The van der Waals surface area contributed by atoms with Crippen LogP contribution in [0.25, 0.3) is 0 Å². The summed E-state index contributed by atoms with van der Waals surface area (Å²) in [6.45, 7) is 0.810. The van der Waals surface area contributed by atoms with Crippen LogP contribution in [0, 0.1) is 0 Å². The van der Waals surface area contributed by atoms with Gasteiger partial charge >= 0.3 is 6.18 Å². The Bertz CT molecular complexity index is 444. The van der Waals surface area contributed by atoms with Crippen LogP contribution in [0.5, 0.6) is 0 Å². The summed E-state index contributed by atoms with van der Waals surface area (Å²) in [6, 6.07) is 1.13. The lowest BCUT2D eigenvalue weighted by atomic mass is 9.94. The Kier molecular flexibility index (Phi) is 2.27. The summed E-state index contributed by atoms with van der Waals surface area (Å²) < 4.78 is 43.3. The average Bonchev–Trinajstić information content (AvgIpc) is 2.56. The van der Waals surface area contributed by atoms with Crippen molar-refractivity contribution in [1.29, 1.82) is 0 Å². The van der Waals surface area contributed by atoms with Gasteiger partial charge in [-0.25, -0.2) is 0 Å². The molecule has 6 heteroatoms. The largest absolute Gasteiger partial charge is 0.421 e. The van der Waals surface area contributed by atoms with Crippen LogP contribution in [0.1, 0.15) is 28.5 Å². The molecule has 0 fully saturated rings. The summed E-state index contributed by atoms with van der Waals surface area (Å²) in [7, 11) is 0. The Labute approximate surface area is 89.2 Å². The van der Waals surface area contributed by atoms with Crippen molar-refractivity contribution in [3.63, 3.8) is 0 Å². The van der Waals surface area contributed by atoms with Crippen LogP contribution >= 0.6 is 0 Å². The van der Waals surface area contributed by atoms with Crippen LogP contribution in [0.4, 0.5) is 13.2 Å². The summed E-state index contributed by atoms with van der Waals surface area (Å²) in [5.41, 5.74) is -2.04. The number of pyridine rings is 1. The van der Waals surface area contributed by atoms with Gasteiger partial charge in [0.15, 0.2) is 11.9 Å². The number of carbonyl (C=O) groups is 1. The molecule has 2 rings (SSSR count). The van der Waals surface area contributed by atoms with E-state index in [1.54, 1.807) is 0 Å². The van der Waals surface area contributed by atoms with Crippen molar-refractivity contribution in [2.24, 2.45) is 0 Å². The van der Waals surface area contributed by atoms with Gasteiger partial charge in [-0.3, -0.25) is 9.78 Å². The fourth-order valence-electron chi connectivity index (χ4n) is 1.66. The topological polar surface area (TPSA) is 39.2 Å². The summed E-state index contributed by atoms with van der Waals surface area (Å²) in [5.74, 6) is 0. The number of aromatic nitrogens is 1. The fraction of sp³-hybridized carbons (Fsp3) is 0.400. The summed E-state index contributed by atoms with van der Waals surface area (Å²) in [6.07, 6.45) is -2.86. The monoisotopic (exact) mass is 231 g/mol. The van der Waals surface area contributed by atoms with Crippen molar-refractivity contribution >= 4 is 6.29 Å². The van der Waals surface area contributed by atoms with Crippen molar-refractivity contribution in [3.8, 4) is 0 Å². The number of rotatable bonds is 1. The third kappa shape index (κ3) is 1.41. The first kappa shape index (κ1) is 11.1. The van der Waals surface area contributed by atoms with Crippen molar-refractivity contribution in [3.05, 3.63) is 29.1 Å². The number of aldehydes is 1. The minimum atomic E-state index is -4.51. The minimum Gasteiger partial charge on any atom is -0.356 e. The number of fused-ring (bicyclic) bond motifs is 1. The molecule has 1 aliphatic rings. The van der Waals surface area contributed by atoms with Crippen molar-refractivity contribution in [2.75, 3.05) is 0 Å². The zero-order valence-electron chi connectivity index (χ0n) is 8.34. The molecule has 0 spiro atoms. The van der Waals surface area contributed by atoms with E-state index in [-0.39, 0.29) is 17.9 Å². The molecule has 0 amide bonds. The second kappa shape index (κ2) is 3.28. The molecule has 0 saturated heterocycles. The lowest BCUT2D eigenvalue weighted by molar-refractivity contribution is -0.272. The number of halogens is 3. The van der Waals surface area contributed by atoms with Gasteiger partial charge in [0, 0.05) is 17.3 Å². The van der Waals surface area contributed by atoms with Crippen molar-refractivity contribution in [2.45, 2.75) is 25.3 Å². The van der Waals surface area contributed by atoms with Crippen LogP contribution < -0.4 is 0 Å². The Balaban J connectivity index is 2.57. The number of hydrogen-bond acceptors (Lipinski definition) is 3. The Morgan fingerprint density at radius 3 is 2.81 bits per heavy atom. The first-order valence-corrected chi connectivity index (χ1v) is 4.54. The quantitative estimate of drug-likeness (QED) is 0.695. The molecular formula is C10H8F3NO2. The minimum absolute atomic E-state index is 0.0280. The fourth-order valence-corrected chi connectivity index (χ4v) is 1.66. The van der Waals surface area contributed by atoms with E-state index in [0.29, 0.717) is 11.8 Å². The van der Waals surface area contributed by atoms with Gasteiger partial charge in [0.2, 0.25) is 0 Å². The summed E-state index contributed by atoms with van der Waals surface area (Å²) in [5, 5.41) is 0. The smallest absolute Gasteiger partial charge is 0.356 e. The van der Waals surface area contributed by atoms with Crippen LogP contribution in [0.15, 0.2) is 12.3 Å². The van der Waals surface area contributed by atoms with Gasteiger partial charge in [-0.15, -0.1) is 0 Å². The molecule has 1 aromatic rings. The molecular weight excluding hydrogens is 223 g/mol. The first-order valence-electron chi connectivity index (χ1n) is 4.54. The number of alkyl halides is 3. The standard InChI is InChI=1S/C10H8F3NO2/c1-9(10(11,12)13)8-2-7(4-15)14-3-6(8)5-16-9/h2-4H,5H2,1H3. The highest BCUT2D eigenvalue weighted by Crippen LogP contribution is 2.47. The SMILES string of the molecule is CC1(C(F)(F)F)OCc2cnc(C=O)cc21. The summed E-state index contributed by atoms with van der Waals surface area (Å²) >= 11 is 0. The number of ether oxygens (including phenoxy) is 1. The van der Waals surface area contributed by atoms with Crippen LogP contribution in [-0.4, -0.2) is 17.4 Å². The second-order valence-corrected chi connectivity index (χ2v) is 3.70. The maximum absolute atomic E-state index is 12.8. The van der Waals surface area contributed by atoms with Crippen LogP contribution in [-0.2, 0) is 16.9 Å². The average molecular weight is 231 g/mol. The molecule has 86 valence electrons. The lowest BCUT2D eigenvalue weighted by Gasteiger charge is -2.27. The third-order valence-electron chi connectivity index (χ3n) is 2.70. The lowest BCUT2D eigenvalue weighted by Crippen LogP contribution is -2.39. The predicted octanol–water partition coefficient (Wildman–Crippen LogP) is 2.20. The van der Waals surface area contributed by atoms with Crippen LogP contribution in [0.2, 0.25) is 0 Å². The second-order valence-electron chi connectivity index (χ2n) is 3.70. The number of hydrogen-bond donors (Lipinski definition) is 0. The van der Waals surface area contributed by atoms with E-state index in [1.807, 2.05) is 0 Å². The molecule has 2 heterocycles. The number of nitrogens with zero attached hydrogens (tertiary/aromatic N) is 1. The summed E-state index contributed by atoms with van der Waals surface area (Å²) in [4.78, 5) is 14.2.